The first-order valence-electron chi connectivity index (χ1n) is 5.86. The highest BCUT2D eigenvalue weighted by Gasteiger charge is 2.12. The maximum absolute atomic E-state index is 11.3. The monoisotopic (exact) mass is 280 g/mol. The first-order chi connectivity index (χ1) is 8.96. The lowest BCUT2D eigenvalue weighted by Crippen LogP contribution is -2.25. The number of nitrogens with zero attached hydrogens (tertiary/aromatic N) is 3. The van der Waals surface area contributed by atoms with E-state index in [4.69, 9.17) is 0 Å². The number of sulfone groups is 1. The minimum Gasteiger partial charge on any atom is -0.380 e. The van der Waals surface area contributed by atoms with Crippen molar-refractivity contribution in [1.82, 2.24) is 15.0 Å². The van der Waals surface area contributed by atoms with E-state index in [1.807, 2.05) is 31.2 Å². The number of hydrogen-bond acceptors (Lipinski definition) is 5. The Morgan fingerprint density at radius 2 is 2.11 bits per heavy atom. The summed E-state index contributed by atoms with van der Waals surface area (Å²) < 4.78 is 24.2. The summed E-state index contributed by atoms with van der Waals surface area (Å²) in [6, 6.07) is 7.37. The Kier molecular flexibility index (Phi) is 3.84. The van der Waals surface area contributed by atoms with Gasteiger partial charge in [-0.2, -0.15) is 0 Å². The van der Waals surface area contributed by atoms with Gasteiger partial charge in [-0.05, 0) is 19.1 Å². The molecular formula is C12H16N4O2S. The van der Waals surface area contributed by atoms with Gasteiger partial charge < -0.3 is 5.32 Å². The van der Waals surface area contributed by atoms with Crippen LogP contribution >= 0.6 is 0 Å². The second-order valence-electron chi connectivity index (χ2n) is 4.50. The maximum atomic E-state index is 11.3. The molecule has 1 aromatic heterocycles. The molecule has 2 aromatic rings. The summed E-state index contributed by atoms with van der Waals surface area (Å²) in [6.45, 7) is 1.83. The Bertz CT molecular complexity index is 638. The Hall–Kier alpha value is -1.89. The first kappa shape index (κ1) is 13.5. The SMILES string of the molecule is CC(CS(C)(=O)=O)Nc1ccccc1-n1ccnn1. The topological polar surface area (TPSA) is 76.9 Å². The Balaban J connectivity index is 2.22. The Morgan fingerprint density at radius 1 is 1.37 bits per heavy atom. The Labute approximate surface area is 112 Å². The van der Waals surface area contributed by atoms with E-state index in [1.165, 1.54) is 6.26 Å². The number of aromatic nitrogens is 3. The molecule has 0 saturated carbocycles. The molecule has 7 heteroatoms. The van der Waals surface area contributed by atoms with Gasteiger partial charge >= 0.3 is 0 Å². The van der Waals surface area contributed by atoms with Crippen molar-refractivity contribution in [2.45, 2.75) is 13.0 Å². The van der Waals surface area contributed by atoms with Crippen molar-refractivity contribution in [3.8, 4) is 5.69 Å². The zero-order valence-corrected chi connectivity index (χ0v) is 11.6. The van der Waals surface area contributed by atoms with Crippen LogP contribution in [0.4, 0.5) is 5.69 Å². The molecule has 0 aliphatic carbocycles. The normalized spacial score (nSPS) is 13.2. The van der Waals surface area contributed by atoms with Crippen LogP contribution in [0, 0.1) is 0 Å². The molecule has 0 fully saturated rings. The third kappa shape index (κ3) is 3.78. The van der Waals surface area contributed by atoms with Crippen molar-refractivity contribution in [3.63, 3.8) is 0 Å². The number of benzene rings is 1. The van der Waals surface area contributed by atoms with Gasteiger partial charge in [0.05, 0.1) is 29.5 Å². The quantitative estimate of drug-likeness (QED) is 0.888. The van der Waals surface area contributed by atoms with Crippen LogP contribution < -0.4 is 5.32 Å². The molecule has 19 heavy (non-hydrogen) atoms. The zero-order chi connectivity index (χ0) is 13.9. The van der Waals surface area contributed by atoms with E-state index in [1.54, 1.807) is 17.1 Å². The van der Waals surface area contributed by atoms with Gasteiger partial charge in [0.1, 0.15) is 9.84 Å². The second-order valence-corrected chi connectivity index (χ2v) is 6.69. The molecule has 2 rings (SSSR count). The van der Waals surface area contributed by atoms with Crippen LogP contribution in [0.5, 0.6) is 0 Å². The molecule has 1 atom stereocenters. The summed E-state index contributed by atoms with van der Waals surface area (Å²) in [6.07, 6.45) is 4.56. The molecule has 0 amide bonds. The molecule has 0 aliphatic rings. The average molecular weight is 280 g/mol. The molecule has 1 N–H and O–H groups in total. The summed E-state index contributed by atoms with van der Waals surface area (Å²) in [5.74, 6) is 0.0820. The van der Waals surface area contributed by atoms with Crippen LogP contribution in [-0.4, -0.2) is 41.5 Å². The van der Waals surface area contributed by atoms with Crippen LogP contribution in [0.15, 0.2) is 36.7 Å². The van der Waals surface area contributed by atoms with Crippen LogP contribution in [-0.2, 0) is 9.84 Å². The zero-order valence-electron chi connectivity index (χ0n) is 10.8. The van der Waals surface area contributed by atoms with E-state index >= 15 is 0 Å². The lowest BCUT2D eigenvalue weighted by molar-refractivity contribution is 0.598. The van der Waals surface area contributed by atoms with E-state index in [-0.39, 0.29) is 11.8 Å². The molecule has 1 heterocycles. The van der Waals surface area contributed by atoms with Gasteiger partial charge in [-0.25, -0.2) is 13.1 Å². The molecule has 0 saturated heterocycles. The van der Waals surface area contributed by atoms with E-state index in [0.29, 0.717) is 0 Å². The number of rotatable bonds is 5. The molecule has 1 aromatic carbocycles. The van der Waals surface area contributed by atoms with Gasteiger partial charge in [-0.1, -0.05) is 17.3 Å². The van der Waals surface area contributed by atoms with Gasteiger partial charge in [0.25, 0.3) is 0 Å². The van der Waals surface area contributed by atoms with Crippen molar-refractivity contribution in [3.05, 3.63) is 36.7 Å². The largest absolute Gasteiger partial charge is 0.380 e. The summed E-state index contributed by atoms with van der Waals surface area (Å²) in [5, 5.41) is 10.9. The molecular weight excluding hydrogens is 264 g/mol. The van der Waals surface area contributed by atoms with Crippen molar-refractivity contribution in [2.75, 3.05) is 17.3 Å². The molecule has 0 aliphatic heterocycles. The number of nitrogens with one attached hydrogen (secondary N) is 1. The molecule has 102 valence electrons. The summed E-state index contributed by atoms with van der Waals surface area (Å²) in [7, 11) is -3.01. The maximum Gasteiger partial charge on any atom is 0.149 e. The van der Waals surface area contributed by atoms with Crippen LogP contribution in [0.2, 0.25) is 0 Å². The van der Waals surface area contributed by atoms with Crippen molar-refractivity contribution in [2.24, 2.45) is 0 Å². The highest BCUT2D eigenvalue weighted by Crippen LogP contribution is 2.19. The lowest BCUT2D eigenvalue weighted by Gasteiger charge is -2.17. The third-order valence-electron chi connectivity index (χ3n) is 2.53. The molecule has 0 radical (unpaired) electrons. The fraction of sp³-hybridized carbons (Fsp3) is 0.333. The number of anilines is 1. The molecule has 0 bridgehead atoms. The Morgan fingerprint density at radius 3 is 2.74 bits per heavy atom. The smallest absolute Gasteiger partial charge is 0.149 e. The highest BCUT2D eigenvalue weighted by molar-refractivity contribution is 7.90. The number of hydrogen-bond donors (Lipinski definition) is 1. The average Bonchev–Trinajstić information content (AvgIpc) is 2.80. The predicted molar refractivity (Wildman–Crippen MR) is 74.2 cm³/mol. The van der Waals surface area contributed by atoms with E-state index in [0.717, 1.165) is 11.4 Å². The minimum atomic E-state index is -3.01. The van der Waals surface area contributed by atoms with E-state index in [9.17, 15) is 8.42 Å². The summed E-state index contributed by atoms with van der Waals surface area (Å²) >= 11 is 0. The van der Waals surface area contributed by atoms with Crippen LogP contribution in [0.25, 0.3) is 5.69 Å². The van der Waals surface area contributed by atoms with Gasteiger partial charge in [-0.3, -0.25) is 0 Å². The molecule has 0 spiro atoms. The molecule has 6 nitrogen and oxygen atoms in total. The van der Waals surface area contributed by atoms with Crippen LogP contribution in [0.1, 0.15) is 6.92 Å². The fourth-order valence-corrected chi connectivity index (χ4v) is 2.89. The highest BCUT2D eigenvalue weighted by atomic mass is 32.2. The first-order valence-corrected chi connectivity index (χ1v) is 7.92. The van der Waals surface area contributed by atoms with E-state index in [2.05, 4.69) is 15.6 Å². The van der Waals surface area contributed by atoms with Gasteiger partial charge in [0.2, 0.25) is 0 Å². The summed E-state index contributed by atoms with van der Waals surface area (Å²) in [5.41, 5.74) is 1.66. The number of para-hydroxylation sites is 2. The standard InChI is InChI=1S/C12H16N4O2S/c1-10(9-19(2,17)18)14-11-5-3-4-6-12(11)16-8-7-13-15-16/h3-8,10,14H,9H2,1-2H3. The van der Waals surface area contributed by atoms with Crippen LogP contribution in [0.3, 0.4) is 0 Å². The molecule has 1 unspecified atom stereocenters. The second kappa shape index (κ2) is 5.40. The van der Waals surface area contributed by atoms with Crippen molar-refractivity contribution < 1.29 is 8.42 Å². The van der Waals surface area contributed by atoms with Crippen molar-refractivity contribution in [1.29, 1.82) is 0 Å². The lowest BCUT2D eigenvalue weighted by atomic mass is 10.2. The fourth-order valence-electron chi connectivity index (χ4n) is 1.89. The van der Waals surface area contributed by atoms with Gasteiger partial charge in [0, 0.05) is 12.3 Å². The minimum absolute atomic E-state index is 0.0820. The van der Waals surface area contributed by atoms with Gasteiger partial charge in [0.15, 0.2) is 0 Å². The summed E-state index contributed by atoms with van der Waals surface area (Å²) in [4.78, 5) is 0. The van der Waals surface area contributed by atoms with E-state index < -0.39 is 9.84 Å². The van der Waals surface area contributed by atoms with Gasteiger partial charge in [-0.15, -0.1) is 5.10 Å². The predicted octanol–water partition coefficient (Wildman–Crippen LogP) is 1.11. The van der Waals surface area contributed by atoms with Crippen molar-refractivity contribution >= 4 is 15.5 Å². The third-order valence-corrected chi connectivity index (χ3v) is 3.63.